The standard InChI is InChI=1S/C16H33N3S/c1-3-12-20-19-11-10-18-13-15(19)9-8-14-6-4-5-7-16(14)17-2/h14-18H,3-13H2,1-2H3/t14-,15?,16?/m1/s1. The van der Waals surface area contributed by atoms with Crippen molar-refractivity contribution < 1.29 is 0 Å². The van der Waals surface area contributed by atoms with Crippen molar-refractivity contribution in [2.24, 2.45) is 5.92 Å². The highest BCUT2D eigenvalue weighted by Gasteiger charge is 2.27. The van der Waals surface area contributed by atoms with Gasteiger partial charge in [0.1, 0.15) is 0 Å². The zero-order chi connectivity index (χ0) is 14.2. The van der Waals surface area contributed by atoms with E-state index < -0.39 is 0 Å². The lowest BCUT2D eigenvalue weighted by atomic mass is 9.81. The third kappa shape index (κ3) is 4.90. The molecule has 2 unspecified atom stereocenters. The monoisotopic (exact) mass is 299 g/mol. The third-order valence-electron chi connectivity index (χ3n) is 4.91. The number of nitrogens with zero attached hydrogens (tertiary/aromatic N) is 1. The highest BCUT2D eigenvalue weighted by Crippen LogP contribution is 2.30. The van der Waals surface area contributed by atoms with Crippen LogP contribution in [-0.4, -0.2) is 48.8 Å². The molecule has 1 saturated carbocycles. The highest BCUT2D eigenvalue weighted by molar-refractivity contribution is 7.97. The number of hydrogen-bond donors (Lipinski definition) is 2. The Bertz CT molecular complexity index is 262. The van der Waals surface area contributed by atoms with Gasteiger partial charge in [0.2, 0.25) is 0 Å². The fourth-order valence-electron chi connectivity index (χ4n) is 3.71. The van der Waals surface area contributed by atoms with Crippen LogP contribution in [0.1, 0.15) is 51.9 Å². The molecule has 2 rings (SSSR count). The van der Waals surface area contributed by atoms with Gasteiger partial charge in [-0.05, 0) is 45.1 Å². The van der Waals surface area contributed by atoms with E-state index >= 15 is 0 Å². The summed E-state index contributed by atoms with van der Waals surface area (Å²) in [6, 6.07) is 1.52. The van der Waals surface area contributed by atoms with Gasteiger partial charge in [-0.15, -0.1) is 0 Å². The first kappa shape index (κ1) is 16.6. The molecular weight excluding hydrogens is 266 g/mol. The molecule has 1 heterocycles. The fourth-order valence-corrected chi connectivity index (χ4v) is 4.73. The molecule has 1 aliphatic carbocycles. The van der Waals surface area contributed by atoms with Gasteiger partial charge in [0.05, 0.1) is 0 Å². The smallest absolute Gasteiger partial charge is 0.0328 e. The average molecular weight is 300 g/mol. The molecule has 0 bridgehead atoms. The van der Waals surface area contributed by atoms with Gasteiger partial charge >= 0.3 is 0 Å². The summed E-state index contributed by atoms with van der Waals surface area (Å²) in [4.78, 5) is 0. The van der Waals surface area contributed by atoms with E-state index in [0.29, 0.717) is 0 Å². The minimum absolute atomic E-state index is 0.750. The molecule has 0 aromatic heterocycles. The summed E-state index contributed by atoms with van der Waals surface area (Å²) in [5, 5.41) is 7.14. The van der Waals surface area contributed by atoms with Crippen LogP contribution in [0.25, 0.3) is 0 Å². The van der Waals surface area contributed by atoms with Crippen LogP contribution in [-0.2, 0) is 0 Å². The summed E-state index contributed by atoms with van der Waals surface area (Å²) in [5.41, 5.74) is 0. The van der Waals surface area contributed by atoms with Crippen molar-refractivity contribution in [1.29, 1.82) is 0 Å². The molecule has 0 spiro atoms. The molecule has 0 aromatic rings. The van der Waals surface area contributed by atoms with Crippen LogP contribution in [0.15, 0.2) is 0 Å². The molecule has 0 amide bonds. The summed E-state index contributed by atoms with van der Waals surface area (Å²) in [7, 11) is 2.15. The SMILES string of the molecule is CCCSN1CCNCC1CC[C@H]1CCCCC1NC. The Kier molecular flexibility index (Phi) is 7.71. The van der Waals surface area contributed by atoms with Crippen molar-refractivity contribution in [3.8, 4) is 0 Å². The summed E-state index contributed by atoms with van der Waals surface area (Å²) in [5.74, 6) is 2.19. The van der Waals surface area contributed by atoms with Gasteiger partial charge in [-0.3, -0.25) is 0 Å². The molecule has 3 atom stereocenters. The zero-order valence-corrected chi connectivity index (χ0v) is 14.2. The lowest BCUT2D eigenvalue weighted by molar-refractivity contribution is 0.216. The second kappa shape index (κ2) is 9.29. The zero-order valence-electron chi connectivity index (χ0n) is 13.4. The maximum absolute atomic E-state index is 3.58. The molecule has 20 heavy (non-hydrogen) atoms. The predicted molar refractivity (Wildman–Crippen MR) is 90.2 cm³/mol. The fraction of sp³-hybridized carbons (Fsp3) is 1.00. The van der Waals surface area contributed by atoms with E-state index in [0.717, 1.165) is 24.5 Å². The van der Waals surface area contributed by atoms with E-state index in [1.54, 1.807) is 0 Å². The minimum Gasteiger partial charge on any atom is -0.317 e. The molecule has 2 aliphatic rings. The molecular formula is C16H33N3S. The lowest BCUT2D eigenvalue weighted by Crippen LogP contribution is -2.48. The van der Waals surface area contributed by atoms with Crippen molar-refractivity contribution in [3.63, 3.8) is 0 Å². The first-order valence-electron chi connectivity index (χ1n) is 8.62. The van der Waals surface area contributed by atoms with Crippen LogP contribution >= 0.6 is 11.9 Å². The summed E-state index contributed by atoms with van der Waals surface area (Å²) in [6.07, 6.45) is 9.75. The number of nitrogens with one attached hydrogen (secondary N) is 2. The van der Waals surface area contributed by atoms with E-state index in [9.17, 15) is 0 Å². The van der Waals surface area contributed by atoms with Crippen LogP contribution in [0.3, 0.4) is 0 Å². The Morgan fingerprint density at radius 1 is 1.25 bits per heavy atom. The van der Waals surface area contributed by atoms with Crippen LogP contribution < -0.4 is 10.6 Å². The van der Waals surface area contributed by atoms with Crippen LogP contribution in [0.4, 0.5) is 0 Å². The summed E-state index contributed by atoms with van der Waals surface area (Å²) >= 11 is 2.08. The average Bonchev–Trinajstić information content (AvgIpc) is 2.52. The number of rotatable bonds is 7. The van der Waals surface area contributed by atoms with Crippen LogP contribution in [0, 0.1) is 5.92 Å². The van der Waals surface area contributed by atoms with Gasteiger partial charge in [0.15, 0.2) is 0 Å². The Hall–Kier alpha value is 0.230. The van der Waals surface area contributed by atoms with Crippen molar-refractivity contribution >= 4 is 11.9 Å². The molecule has 1 aliphatic heterocycles. The molecule has 0 radical (unpaired) electrons. The number of hydrogen-bond acceptors (Lipinski definition) is 4. The Labute approximate surface area is 129 Å². The van der Waals surface area contributed by atoms with Gasteiger partial charge in [0, 0.05) is 37.5 Å². The minimum atomic E-state index is 0.750. The van der Waals surface area contributed by atoms with Crippen LogP contribution in [0.2, 0.25) is 0 Å². The van der Waals surface area contributed by atoms with Crippen LogP contribution in [0.5, 0.6) is 0 Å². The molecule has 3 nitrogen and oxygen atoms in total. The Morgan fingerprint density at radius 2 is 2.10 bits per heavy atom. The largest absolute Gasteiger partial charge is 0.317 e. The lowest BCUT2D eigenvalue weighted by Gasteiger charge is -2.37. The van der Waals surface area contributed by atoms with Crippen molar-refractivity contribution in [2.45, 2.75) is 64.0 Å². The maximum atomic E-state index is 3.58. The second-order valence-corrected chi connectivity index (χ2v) is 7.48. The van der Waals surface area contributed by atoms with Gasteiger partial charge in [-0.25, -0.2) is 4.31 Å². The van der Waals surface area contributed by atoms with Gasteiger partial charge in [0.25, 0.3) is 0 Å². The van der Waals surface area contributed by atoms with Crippen molar-refractivity contribution in [1.82, 2.24) is 14.9 Å². The van der Waals surface area contributed by atoms with E-state index in [1.165, 1.54) is 63.8 Å². The molecule has 2 N–H and O–H groups in total. The van der Waals surface area contributed by atoms with Crippen molar-refractivity contribution in [3.05, 3.63) is 0 Å². The summed E-state index contributed by atoms with van der Waals surface area (Å²) in [6.45, 7) is 5.85. The second-order valence-electron chi connectivity index (χ2n) is 6.35. The first-order chi connectivity index (χ1) is 9.85. The van der Waals surface area contributed by atoms with E-state index in [2.05, 4.69) is 40.9 Å². The first-order valence-corrected chi connectivity index (χ1v) is 9.57. The maximum Gasteiger partial charge on any atom is 0.0328 e. The molecule has 1 saturated heterocycles. The number of piperazine rings is 1. The normalized spacial score (nSPS) is 32.4. The molecule has 118 valence electrons. The quantitative estimate of drug-likeness (QED) is 0.707. The Morgan fingerprint density at radius 3 is 2.90 bits per heavy atom. The topological polar surface area (TPSA) is 27.3 Å². The van der Waals surface area contributed by atoms with E-state index in [1.807, 2.05) is 0 Å². The van der Waals surface area contributed by atoms with E-state index in [4.69, 9.17) is 0 Å². The predicted octanol–water partition coefficient (Wildman–Crippen LogP) is 2.88. The highest BCUT2D eigenvalue weighted by atomic mass is 32.2. The molecule has 4 heteroatoms. The van der Waals surface area contributed by atoms with Gasteiger partial charge in [-0.2, -0.15) is 0 Å². The molecule has 2 fully saturated rings. The Balaban J connectivity index is 1.77. The summed E-state index contributed by atoms with van der Waals surface area (Å²) < 4.78 is 2.66. The van der Waals surface area contributed by atoms with E-state index in [-0.39, 0.29) is 0 Å². The van der Waals surface area contributed by atoms with Crippen molar-refractivity contribution in [2.75, 3.05) is 32.4 Å². The third-order valence-corrected chi connectivity index (χ3v) is 6.31. The van der Waals surface area contributed by atoms with Gasteiger partial charge in [-0.1, -0.05) is 31.7 Å². The van der Waals surface area contributed by atoms with Gasteiger partial charge < -0.3 is 10.6 Å². The molecule has 0 aromatic carbocycles.